The first-order valence-electron chi connectivity index (χ1n) is 8.19. The van der Waals surface area contributed by atoms with Crippen LogP contribution in [0, 0.1) is 29.1 Å². The van der Waals surface area contributed by atoms with E-state index in [0.717, 1.165) is 29.4 Å². The summed E-state index contributed by atoms with van der Waals surface area (Å²) < 4.78 is 6.30. The van der Waals surface area contributed by atoms with Crippen LogP contribution in [0.5, 0.6) is 0 Å². The van der Waals surface area contributed by atoms with Crippen LogP contribution in [0.15, 0.2) is 11.8 Å². The highest BCUT2D eigenvalue weighted by atomic mass is 16.5. The van der Waals surface area contributed by atoms with Crippen molar-refractivity contribution >= 4 is 0 Å². The summed E-state index contributed by atoms with van der Waals surface area (Å²) in [7, 11) is 0. The zero-order valence-corrected chi connectivity index (χ0v) is 13.3. The van der Waals surface area contributed by atoms with Crippen molar-refractivity contribution < 1.29 is 4.74 Å². The van der Waals surface area contributed by atoms with Crippen molar-refractivity contribution in [2.24, 2.45) is 29.1 Å². The largest absolute Gasteiger partial charge is 0.492 e. The van der Waals surface area contributed by atoms with Gasteiger partial charge in [0.15, 0.2) is 0 Å². The van der Waals surface area contributed by atoms with Gasteiger partial charge in [-0.3, -0.25) is 0 Å². The maximum absolute atomic E-state index is 6.30. The summed E-state index contributed by atoms with van der Waals surface area (Å²) in [5.74, 6) is 4.54. The van der Waals surface area contributed by atoms with Crippen LogP contribution >= 0.6 is 0 Å². The van der Waals surface area contributed by atoms with E-state index in [1.54, 1.807) is 0 Å². The predicted molar refractivity (Wildman–Crippen MR) is 79.7 cm³/mol. The first kappa shape index (κ1) is 13.5. The molecular weight excluding hydrogens is 232 g/mol. The monoisotopic (exact) mass is 262 g/mol. The van der Waals surface area contributed by atoms with Gasteiger partial charge in [-0.05, 0) is 75.2 Å². The Labute approximate surface area is 118 Å². The van der Waals surface area contributed by atoms with Crippen molar-refractivity contribution in [3.05, 3.63) is 11.8 Å². The van der Waals surface area contributed by atoms with Gasteiger partial charge in [0, 0.05) is 5.92 Å². The molecule has 1 heterocycles. The van der Waals surface area contributed by atoms with Gasteiger partial charge in [0.1, 0.15) is 5.60 Å². The van der Waals surface area contributed by atoms with Crippen LogP contribution in [-0.4, -0.2) is 5.60 Å². The van der Waals surface area contributed by atoms with Crippen LogP contribution in [0.2, 0.25) is 0 Å². The van der Waals surface area contributed by atoms with E-state index < -0.39 is 0 Å². The third kappa shape index (κ3) is 2.04. The molecule has 0 amide bonds. The van der Waals surface area contributed by atoms with Gasteiger partial charge >= 0.3 is 0 Å². The fraction of sp³-hybridized carbons (Fsp3) is 0.889. The van der Waals surface area contributed by atoms with Gasteiger partial charge in [-0.1, -0.05) is 20.8 Å². The van der Waals surface area contributed by atoms with E-state index in [1.807, 2.05) is 0 Å². The lowest BCUT2D eigenvalue weighted by atomic mass is 9.49. The Balaban J connectivity index is 1.94. The van der Waals surface area contributed by atoms with Crippen molar-refractivity contribution in [3.8, 4) is 0 Å². The van der Waals surface area contributed by atoms with Crippen molar-refractivity contribution in [3.63, 3.8) is 0 Å². The van der Waals surface area contributed by atoms with Gasteiger partial charge < -0.3 is 4.74 Å². The van der Waals surface area contributed by atoms with E-state index in [-0.39, 0.29) is 5.60 Å². The molecule has 5 atom stereocenters. The van der Waals surface area contributed by atoms with Crippen LogP contribution in [0.4, 0.5) is 0 Å². The summed E-state index contributed by atoms with van der Waals surface area (Å²) in [5.41, 5.74) is 0.649. The van der Waals surface area contributed by atoms with Gasteiger partial charge in [0.25, 0.3) is 0 Å². The molecule has 0 saturated heterocycles. The highest BCUT2D eigenvalue weighted by Gasteiger charge is 2.55. The number of rotatable bonds is 0. The zero-order chi connectivity index (χ0) is 13.8. The van der Waals surface area contributed by atoms with E-state index in [0.29, 0.717) is 5.41 Å². The summed E-state index contributed by atoms with van der Waals surface area (Å²) >= 11 is 0. The molecule has 2 aliphatic carbocycles. The Hall–Kier alpha value is -0.460. The van der Waals surface area contributed by atoms with E-state index >= 15 is 0 Å². The standard InChI is InChI=1S/C18H30O/c1-12-8-10-17(3,4)14-9-11-18(5)15(16(12)14)7-6-13(2)19-18/h6,12,14-16H,7-11H2,1-5H3/t12-,14?,15?,16?,18?/m0/s1. The van der Waals surface area contributed by atoms with E-state index in [2.05, 4.69) is 40.7 Å². The van der Waals surface area contributed by atoms with Crippen LogP contribution in [0.3, 0.4) is 0 Å². The summed E-state index contributed by atoms with van der Waals surface area (Å²) in [6, 6.07) is 0. The fourth-order valence-electron chi connectivity index (χ4n) is 5.43. The molecule has 2 fully saturated rings. The van der Waals surface area contributed by atoms with Gasteiger partial charge in [-0.2, -0.15) is 0 Å². The molecular formula is C18H30O. The fourth-order valence-corrected chi connectivity index (χ4v) is 5.43. The molecule has 1 heteroatoms. The molecule has 4 unspecified atom stereocenters. The van der Waals surface area contributed by atoms with Gasteiger partial charge in [-0.25, -0.2) is 0 Å². The molecule has 0 aromatic carbocycles. The Morgan fingerprint density at radius 2 is 1.84 bits per heavy atom. The summed E-state index contributed by atoms with van der Waals surface area (Å²) in [5, 5.41) is 0. The number of ether oxygens (including phenoxy) is 1. The Bertz CT molecular complexity index is 394. The second-order valence-corrected chi connectivity index (χ2v) is 8.30. The molecule has 0 N–H and O–H groups in total. The first-order chi connectivity index (χ1) is 8.83. The smallest absolute Gasteiger partial charge is 0.109 e. The zero-order valence-electron chi connectivity index (χ0n) is 13.3. The lowest BCUT2D eigenvalue weighted by Gasteiger charge is -2.59. The topological polar surface area (TPSA) is 9.23 Å². The average molecular weight is 262 g/mol. The summed E-state index contributed by atoms with van der Waals surface area (Å²) in [6.07, 6.45) is 9.01. The molecule has 0 aromatic rings. The van der Waals surface area contributed by atoms with E-state index in [4.69, 9.17) is 4.74 Å². The number of allylic oxidation sites excluding steroid dienone is 2. The highest BCUT2D eigenvalue weighted by Crippen LogP contribution is 2.59. The number of fused-ring (bicyclic) bond motifs is 3. The Kier molecular flexibility index (Phi) is 3.04. The molecule has 3 rings (SSSR count). The molecule has 1 aliphatic heterocycles. The quantitative estimate of drug-likeness (QED) is 0.585. The minimum absolute atomic E-state index is 0.113. The molecule has 0 radical (unpaired) electrons. The lowest BCUT2D eigenvalue weighted by Crippen LogP contribution is -2.55. The maximum atomic E-state index is 6.30. The number of hydrogen-bond acceptors (Lipinski definition) is 1. The van der Waals surface area contributed by atoms with Gasteiger partial charge in [0.05, 0.1) is 5.76 Å². The second-order valence-electron chi connectivity index (χ2n) is 8.30. The van der Waals surface area contributed by atoms with Crippen LogP contribution in [-0.2, 0) is 4.74 Å². The first-order valence-corrected chi connectivity index (χ1v) is 8.19. The van der Waals surface area contributed by atoms with Crippen LogP contribution in [0.25, 0.3) is 0 Å². The van der Waals surface area contributed by atoms with Gasteiger partial charge in [0.2, 0.25) is 0 Å². The molecule has 19 heavy (non-hydrogen) atoms. The Morgan fingerprint density at radius 1 is 1.11 bits per heavy atom. The molecule has 0 aromatic heterocycles. The highest BCUT2D eigenvalue weighted by molar-refractivity contribution is 5.10. The molecule has 1 nitrogen and oxygen atoms in total. The Morgan fingerprint density at radius 3 is 2.58 bits per heavy atom. The maximum Gasteiger partial charge on any atom is 0.109 e. The second kappa shape index (κ2) is 4.27. The van der Waals surface area contributed by atoms with Crippen molar-refractivity contribution in [1.29, 1.82) is 0 Å². The SMILES string of the molecule is CC1=CCC2C3C(CCC2(C)O1)C(C)(C)CC[C@@H]3C. The average Bonchev–Trinajstić information content (AvgIpc) is 2.32. The van der Waals surface area contributed by atoms with Crippen molar-refractivity contribution in [1.82, 2.24) is 0 Å². The molecule has 3 aliphatic rings. The van der Waals surface area contributed by atoms with Crippen LogP contribution in [0.1, 0.15) is 66.7 Å². The lowest BCUT2D eigenvalue weighted by molar-refractivity contribution is -0.152. The summed E-state index contributed by atoms with van der Waals surface area (Å²) in [6.45, 7) is 12.0. The molecule has 0 bridgehead atoms. The van der Waals surface area contributed by atoms with Crippen LogP contribution < -0.4 is 0 Å². The van der Waals surface area contributed by atoms with E-state index in [9.17, 15) is 0 Å². The third-order valence-electron chi connectivity index (χ3n) is 6.62. The van der Waals surface area contributed by atoms with Crippen molar-refractivity contribution in [2.75, 3.05) is 0 Å². The van der Waals surface area contributed by atoms with Crippen molar-refractivity contribution in [2.45, 2.75) is 72.3 Å². The molecule has 2 saturated carbocycles. The minimum atomic E-state index is 0.113. The molecule has 108 valence electrons. The minimum Gasteiger partial charge on any atom is -0.492 e. The third-order valence-corrected chi connectivity index (χ3v) is 6.62. The molecule has 0 spiro atoms. The predicted octanol–water partition coefficient (Wildman–Crippen LogP) is 5.17. The normalized spacial score (nSPS) is 48.6. The van der Waals surface area contributed by atoms with Gasteiger partial charge in [-0.15, -0.1) is 0 Å². The number of hydrogen-bond donors (Lipinski definition) is 0. The van der Waals surface area contributed by atoms with E-state index in [1.165, 1.54) is 32.1 Å². The summed E-state index contributed by atoms with van der Waals surface area (Å²) in [4.78, 5) is 0.